The van der Waals surface area contributed by atoms with E-state index in [0.29, 0.717) is 5.69 Å². The topological polar surface area (TPSA) is 84.2 Å². The highest BCUT2D eigenvalue weighted by molar-refractivity contribution is 7.80. The van der Waals surface area contributed by atoms with Gasteiger partial charge in [-0.05, 0) is 42.5 Å². The smallest absolute Gasteiger partial charge is 0.260 e. The van der Waals surface area contributed by atoms with Crippen LogP contribution in [0.5, 0.6) is 0 Å². The van der Waals surface area contributed by atoms with Gasteiger partial charge in [0.2, 0.25) is 5.91 Å². The number of thiocarbonyl (C=S) groups is 1. The van der Waals surface area contributed by atoms with Crippen LogP contribution in [0.3, 0.4) is 0 Å². The Kier molecular flexibility index (Phi) is 5.32. The molecule has 2 aromatic carbocycles. The summed E-state index contributed by atoms with van der Waals surface area (Å²) in [6.07, 6.45) is 0. The number of carbonyl (C=O) groups excluding carboxylic acids is 2. The molecule has 0 bridgehead atoms. The Bertz CT molecular complexity index is 872. The van der Waals surface area contributed by atoms with Crippen LogP contribution in [0.25, 0.3) is 0 Å². The van der Waals surface area contributed by atoms with E-state index in [4.69, 9.17) is 18.0 Å². The summed E-state index contributed by atoms with van der Waals surface area (Å²) < 4.78 is 52.7. The highest BCUT2D eigenvalue weighted by Crippen LogP contribution is 2.18. The highest BCUT2D eigenvalue weighted by atomic mass is 32.1. The average molecular weight is 371 g/mol. The molecule has 0 aliphatic heterocycles. The summed E-state index contributed by atoms with van der Waals surface area (Å²) in [6, 6.07) is 5.85. The third-order valence-corrected chi connectivity index (χ3v) is 3.21. The molecule has 0 aliphatic rings. The van der Waals surface area contributed by atoms with E-state index in [1.807, 2.05) is 5.32 Å². The van der Waals surface area contributed by atoms with E-state index >= 15 is 0 Å². The minimum atomic E-state index is -2.11. The van der Waals surface area contributed by atoms with E-state index < -0.39 is 40.6 Å². The summed E-state index contributed by atoms with van der Waals surface area (Å²) in [4.78, 5) is 22.8. The fraction of sp³-hybridized carbons (Fsp3) is 0. The lowest BCUT2D eigenvalue weighted by atomic mass is 10.1. The molecule has 0 saturated carbocycles. The van der Waals surface area contributed by atoms with Crippen molar-refractivity contribution < 1.29 is 27.2 Å². The SMILES string of the molecule is NC(=O)c1ccc(NC(=S)NC(=O)c2cc(F)c(F)c(F)c2F)cc1. The van der Waals surface area contributed by atoms with Crippen molar-refractivity contribution in [1.29, 1.82) is 0 Å². The van der Waals surface area contributed by atoms with Crippen molar-refractivity contribution in [3.05, 3.63) is 64.7 Å². The second kappa shape index (κ2) is 7.26. The van der Waals surface area contributed by atoms with E-state index in [1.54, 1.807) is 0 Å². The van der Waals surface area contributed by atoms with Gasteiger partial charge in [-0.25, -0.2) is 17.6 Å². The lowest BCUT2D eigenvalue weighted by Gasteiger charge is -2.11. The normalized spacial score (nSPS) is 10.2. The molecule has 0 aromatic heterocycles. The second-order valence-electron chi connectivity index (χ2n) is 4.70. The third-order valence-electron chi connectivity index (χ3n) is 3.00. The molecule has 2 rings (SSSR count). The Morgan fingerprint density at radius 3 is 2.12 bits per heavy atom. The molecule has 4 N–H and O–H groups in total. The van der Waals surface area contributed by atoms with Crippen LogP contribution in [-0.4, -0.2) is 16.9 Å². The summed E-state index contributed by atoms with van der Waals surface area (Å²) in [5.41, 5.74) is 4.62. The van der Waals surface area contributed by atoms with Gasteiger partial charge in [-0.15, -0.1) is 0 Å². The van der Waals surface area contributed by atoms with Crippen LogP contribution in [0.4, 0.5) is 23.2 Å². The second-order valence-corrected chi connectivity index (χ2v) is 5.11. The number of hydrogen-bond acceptors (Lipinski definition) is 3. The maximum absolute atomic E-state index is 13.5. The molecular weight excluding hydrogens is 362 g/mol. The Morgan fingerprint density at radius 1 is 0.960 bits per heavy atom. The van der Waals surface area contributed by atoms with Gasteiger partial charge in [0.15, 0.2) is 28.4 Å². The lowest BCUT2D eigenvalue weighted by Crippen LogP contribution is -2.35. The fourth-order valence-corrected chi connectivity index (χ4v) is 2.00. The molecule has 0 aliphatic carbocycles. The molecule has 2 aromatic rings. The summed E-state index contributed by atoms with van der Waals surface area (Å²) in [6.45, 7) is 0. The van der Waals surface area contributed by atoms with Crippen LogP contribution in [0.1, 0.15) is 20.7 Å². The van der Waals surface area contributed by atoms with Crippen LogP contribution in [-0.2, 0) is 0 Å². The first-order valence-corrected chi connectivity index (χ1v) is 6.96. The number of halogens is 4. The summed E-state index contributed by atoms with van der Waals surface area (Å²) in [5.74, 6) is -9.61. The van der Waals surface area contributed by atoms with Gasteiger partial charge in [0.1, 0.15) is 0 Å². The molecule has 2 amide bonds. The summed E-state index contributed by atoms with van der Waals surface area (Å²) in [5, 5.41) is 4.20. The quantitative estimate of drug-likeness (QED) is 0.335. The first-order valence-electron chi connectivity index (χ1n) is 6.56. The predicted octanol–water partition coefficient (Wildman–Crippen LogP) is 2.47. The van der Waals surface area contributed by atoms with Crippen LogP contribution in [0.2, 0.25) is 0 Å². The van der Waals surface area contributed by atoms with E-state index in [-0.39, 0.29) is 16.7 Å². The van der Waals surface area contributed by atoms with Crippen molar-refractivity contribution >= 4 is 34.8 Å². The maximum atomic E-state index is 13.5. The van der Waals surface area contributed by atoms with Gasteiger partial charge < -0.3 is 11.1 Å². The van der Waals surface area contributed by atoms with E-state index in [1.165, 1.54) is 24.3 Å². The average Bonchev–Trinajstić information content (AvgIpc) is 2.56. The molecule has 0 spiro atoms. The van der Waals surface area contributed by atoms with Crippen LogP contribution in [0.15, 0.2) is 30.3 Å². The summed E-state index contributed by atoms with van der Waals surface area (Å²) >= 11 is 4.81. The number of benzene rings is 2. The molecule has 0 saturated heterocycles. The highest BCUT2D eigenvalue weighted by Gasteiger charge is 2.23. The number of primary amides is 1. The zero-order valence-electron chi connectivity index (χ0n) is 12.2. The molecule has 5 nitrogen and oxygen atoms in total. The van der Waals surface area contributed by atoms with Gasteiger partial charge in [-0.1, -0.05) is 0 Å². The Morgan fingerprint density at radius 2 is 1.56 bits per heavy atom. The van der Waals surface area contributed by atoms with Crippen LogP contribution < -0.4 is 16.4 Å². The summed E-state index contributed by atoms with van der Waals surface area (Å²) in [7, 11) is 0. The van der Waals surface area contributed by atoms with Gasteiger partial charge in [0.05, 0.1) is 5.56 Å². The fourth-order valence-electron chi connectivity index (χ4n) is 1.79. The van der Waals surface area contributed by atoms with Gasteiger partial charge in [-0.3, -0.25) is 14.9 Å². The maximum Gasteiger partial charge on any atom is 0.260 e. The molecule has 0 fully saturated rings. The van der Waals surface area contributed by atoms with Crippen LogP contribution >= 0.6 is 12.2 Å². The Balaban J connectivity index is 2.10. The molecule has 0 atom stereocenters. The van der Waals surface area contributed by atoms with Crippen molar-refractivity contribution in [2.75, 3.05) is 5.32 Å². The molecule has 25 heavy (non-hydrogen) atoms. The zero-order valence-corrected chi connectivity index (χ0v) is 13.0. The van der Waals surface area contributed by atoms with E-state index in [0.717, 1.165) is 0 Å². The molecule has 130 valence electrons. The first kappa shape index (κ1) is 18.3. The zero-order chi connectivity index (χ0) is 18.7. The minimum absolute atomic E-state index is 0.216. The van der Waals surface area contributed by atoms with Gasteiger partial charge in [-0.2, -0.15) is 0 Å². The number of amides is 2. The van der Waals surface area contributed by atoms with Gasteiger partial charge in [0, 0.05) is 11.3 Å². The first-order chi connectivity index (χ1) is 11.7. The molecule has 0 unspecified atom stereocenters. The lowest BCUT2D eigenvalue weighted by molar-refractivity contribution is 0.0969. The van der Waals surface area contributed by atoms with Gasteiger partial charge in [0.25, 0.3) is 5.91 Å². The van der Waals surface area contributed by atoms with Crippen molar-refractivity contribution in [1.82, 2.24) is 5.32 Å². The van der Waals surface area contributed by atoms with Gasteiger partial charge >= 0.3 is 0 Å². The number of hydrogen-bond donors (Lipinski definition) is 3. The number of nitrogens with two attached hydrogens (primary N) is 1. The number of carbonyl (C=O) groups is 2. The molecule has 0 radical (unpaired) electrons. The largest absolute Gasteiger partial charge is 0.366 e. The van der Waals surface area contributed by atoms with Crippen molar-refractivity contribution in [2.24, 2.45) is 5.73 Å². The number of anilines is 1. The van der Waals surface area contributed by atoms with Crippen molar-refractivity contribution in [2.45, 2.75) is 0 Å². The van der Waals surface area contributed by atoms with Crippen molar-refractivity contribution in [3.8, 4) is 0 Å². The molecule has 10 heteroatoms. The van der Waals surface area contributed by atoms with Crippen LogP contribution in [0, 0.1) is 23.3 Å². The monoisotopic (exact) mass is 371 g/mol. The number of rotatable bonds is 3. The Labute approximate surface area is 143 Å². The predicted molar refractivity (Wildman–Crippen MR) is 84.9 cm³/mol. The minimum Gasteiger partial charge on any atom is -0.366 e. The molecular formula is C15H9F4N3O2S. The molecule has 0 heterocycles. The van der Waals surface area contributed by atoms with Crippen molar-refractivity contribution in [3.63, 3.8) is 0 Å². The third kappa shape index (κ3) is 4.10. The van der Waals surface area contributed by atoms with E-state index in [2.05, 4.69) is 5.32 Å². The number of nitrogens with one attached hydrogen (secondary N) is 2. The standard InChI is InChI=1S/C15H9F4N3O2S/c16-9-5-8(10(17)12(19)11(9)18)14(24)22-15(25)21-7-3-1-6(2-4-7)13(20)23/h1-5H,(H2,20,23)(H2,21,22,24,25). The Hall–Kier alpha value is -3.01. The van der Waals surface area contributed by atoms with E-state index in [9.17, 15) is 27.2 Å².